The molecule has 0 saturated carbocycles. The van der Waals surface area contributed by atoms with E-state index in [9.17, 15) is 31.5 Å². The monoisotopic (exact) mass is 317 g/mol. The number of alkyl halides is 5. The van der Waals surface area contributed by atoms with E-state index < -0.39 is 30.0 Å². The maximum Gasteiger partial charge on any atom is 0.463 e. The molecule has 0 spiro atoms. The summed E-state index contributed by atoms with van der Waals surface area (Å²) in [6.45, 7) is 6.57. The first-order chi connectivity index (χ1) is 9.43. The minimum atomic E-state index is -6.04. The molecule has 0 heterocycles. The van der Waals surface area contributed by atoms with E-state index in [1.54, 1.807) is 13.8 Å². The summed E-state index contributed by atoms with van der Waals surface area (Å²) in [5.74, 6) is -9.37. The molecule has 0 radical (unpaired) electrons. The van der Waals surface area contributed by atoms with E-state index in [4.69, 9.17) is 0 Å². The second kappa shape index (κ2) is 7.37. The highest BCUT2D eigenvalue weighted by atomic mass is 19.4. The molecule has 0 bridgehead atoms. The summed E-state index contributed by atoms with van der Waals surface area (Å²) in [5, 5.41) is 1.33. The molecule has 0 aromatic carbocycles. The van der Waals surface area contributed by atoms with Gasteiger partial charge in [-0.3, -0.25) is 4.79 Å². The van der Waals surface area contributed by atoms with Crippen LogP contribution in [0.4, 0.5) is 22.0 Å². The molecule has 4 nitrogen and oxygen atoms in total. The van der Waals surface area contributed by atoms with Gasteiger partial charge in [-0.15, -0.1) is 6.58 Å². The Kier molecular flexibility index (Phi) is 6.78. The number of nitrogens with one attached hydrogen (secondary N) is 1. The Balaban J connectivity index is 4.89. The standard InChI is InChI=1S/C12H16F5NO3/c1-4-5-8(9(19)21-6-7(2)3)18-10(20)11(13,14)12(15,16)17/h4,7-8H,1,5-6H2,2-3H3,(H,18,20). The molecule has 1 atom stereocenters. The highest BCUT2D eigenvalue weighted by Gasteiger charge is 2.63. The van der Waals surface area contributed by atoms with Crippen molar-refractivity contribution < 1.29 is 36.3 Å². The van der Waals surface area contributed by atoms with Crippen LogP contribution in [0.5, 0.6) is 0 Å². The second-order valence-corrected chi connectivity index (χ2v) is 4.65. The number of hydrogen-bond donors (Lipinski definition) is 1. The van der Waals surface area contributed by atoms with E-state index in [1.165, 1.54) is 5.32 Å². The lowest BCUT2D eigenvalue weighted by Crippen LogP contribution is -2.54. The summed E-state index contributed by atoms with van der Waals surface area (Å²) in [6, 6.07) is -1.65. The molecule has 21 heavy (non-hydrogen) atoms. The van der Waals surface area contributed by atoms with Crippen LogP contribution in [0.2, 0.25) is 0 Å². The summed E-state index contributed by atoms with van der Waals surface area (Å²) in [6.07, 6.45) is -5.29. The summed E-state index contributed by atoms with van der Waals surface area (Å²) >= 11 is 0. The predicted octanol–water partition coefficient (Wildman–Crippen LogP) is 2.44. The lowest BCUT2D eigenvalue weighted by atomic mass is 10.2. The number of hydrogen-bond acceptors (Lipinski definition) is 3. The quantitative estimate of drug-likeness (QED) is 0.446. The first kappa shape index (κ1) is 19.3. The minimum Gasteiger partial charge on any atom is -0.464 e. The molecule has 0 aliphatic carbocycles. The lowest BCUT2D eigenvalue weighted by molar-refractivity contribution is -0.270. The largest absolute Gasteiger partial charge is 0.464 e. The van der Waals surface area contributed by atoms with Gasteiger partial charge in [0.2, 0.25) is 0 Å². The Morgan fingerprint density at radius 3 is 2.14 bits per heavy atom. The van der Waals surface area contributed by atoms with Crippen molar-refractivity contribution in [3.8, 4) is 0 Å². The van der Waals surface area contributed by atoms with Crippen LogP contribution in [-0.4, -0.2) is 36.6 Å². The first-order valence-corrected chi connectivity index (χ1v) is 5.96. The van der Waals surface area contributed by atoms with Gasteiger partial charge in [0.15, 0.2) is 0 Å². The topological polar surface area (TPSA) is 55.4 Å². The van der Waals surface area contributed by atoms with E-state index >= 15 is 0 Å². The molecular weight excluding hydrogens is 301 g/mol. The van der Waals surface area contributed by atoms with Gasteiger partial charge in [0.1, 0.15) is 6.04 Å². The number of esters is 1. The fraction of sp³-hybridized carbons (Fsp3) is 0.667. The molecule has 0 rings (SSSR count). The van der Waals surface area contributed by atoms with Crippen molar-refractivity contribution >= 4 is 11.9 Å². The van der Waals surface area contributed by atoms with Crippen LogP contribution < -0.4 is 5.32 Å². The second-order valence-electron chi connectivity index (χ2n) is 4.65. The van der Waals surface area contributed by atoms with Crippen molar-refractivity contribution in [2.24, 2.45) is 5.92 Å². The molecule has 1 unspecified atom stereocenters. The third-order valence-electron chi connectivity index (χ3n) is 2.19. The number of halogens is 5. The van der Waals surface area contributed by atoms with Crippen molar-refractivity contribution in [2.45, 2.75) is 38.4 Å². The van der Waals surface area contributed by atoms with Gasteiger partial charge in [-0.25, -0.2) is 4.79 Å². The van der Waals surface area contributed by atoms with Gasteiger partial charge in [0.05, 0.1) is 6.61 Å². The molecule has 0 saturated heterocycles. The summed E-state index contributed by atoms with van der Waals surface area (Å²) in [4.78, 5) is 22.6. The van der Waals surface area contributed by atoms with Gasteiger partial charge < -0.3 is 10.1 Å². The Labute approximate surface area is 118 Å². The fourth-order valence-electron chi connectivity index (χ4n) is 1.11. The van der Waals surface area contributed by atoms with Crippen molar-refractivity contribution in [1.29, 1.82) is 0 Å². The highest BCUT2D eigenvalue weighted by Crippen LogP contribution is 2.35. The third-order valence-corrected chi connectivity index (χ3v) is 2.19. The van der Waals surface area contributed by atoms with Gasteiger partial charge in [0, 0.05) is 0 Å². The first-order valence-electron chi connectivity index (χ1n) is 5.96. The highest BCUT2D eigenvalue weighted by molar-refractivity contribution is 5.89. The van der Waals surface area contributed by atoms with Crippen LogP contribution in [0.1, 0.15) is 20.3 Å². The van der Waals surface area contributed by atoms with Crippen LogP contribution >= 0.6 is 0 Å². The van der Waals surface area contributed by atoms with Crippen molar-refractivity contribution in [3.63, 3.8) is 0 Å². The number of amides is 1. The van der Waals surface area contributed by atoms with Crippen molar-refractivity contribution in [1.82, 2.24) is 5.32 Å². The van der Waals surface area contributed by atoms with Gasteiger partial charge in [-0.2, -0.15) is 22.0 Å². The lowest BCUT2D eigenvalue weighted by Gasteiger charge is -2.22. The zero-order valence-electron chi connectivity index (χ0n) is 11.5. The van der Waals surface area contributed by atoms with Gasteiger partial charge in [0.25, 0.3) is 0 Å². The number of rotatable bonds is 7. The molecular formula is C12H16F5NO3. The molecule has 0 aromatic rings. The zero-order chi connectivity index (χ0) is 16.8. The predicted molar refractivity (Wildman–Crippen MR) is 63.5 cm³/mol. The van der Waals surface area contributed by atoms with E-state index in [0.29, 0.717) is 0 Å². The van der Waals surface area contributed by atoms with Crippen LogP contribution in [0.25, 0.3) is 0 Å². The SMILES string of the molecule is C=CCC(NC(=O)C(F)(F)C(F)(F)F)C(=O)OCC(C)C. The smallest absolute Gasteiger partial charge is 0.463 e. The maximum atomic E-state index is 12.8. The third kappa shape index (κ3) is 5.68. The van der Waals surface area contributed by atoms with E-state index in [-0.39, 0.29) is 18.9 Å². The summed E-state index contributed by atoms with van der Waals surface area (Å²) < 4.78 is 66.3. The maximum absolute atomic E-state index is 12.8. The van der Waals surface area contributed by atoms with E-state index in [0.717, 1.165) is 6.08 Å². The molecule has 0 aliphatic rings. The molecule has 1 amide bonds. The molecule has 0 aromatic heterocycles. The number of carbonyl (C=O) groups is 2. The van der Waals surface area contributed by atoms with Gasteiger partial charge in [-0.1, -0.05) is 19.9 Å². The minimum absolute atomic E-state index is 0.0575. The van der Waals surface area contributed by atoms with Crippen LogP contribution in [-0.2, 0) is 14.3 Å². The van der Waals surface area contributed by atoms with Crippen LogP contribution in [0.15, 0.2) is 12.7 Å². The van der Waals surface area contributed by atoms with E-state index in [2.05, 4.69) is 11.3 Å². The van der Waals surface area contributed by atoms with Crippen molar-refractivity contribution in [2.75, 3.05) is 6.61 Å². The number of carbonyl (C=O) groups excluding carboxylic acids is 2. The molecule has 122 valence electrons. The van der Waals surface area contributed by atoms with Gasteiger partial charge in [-0.05, 0) is 12.3 Å². The summed E-state index contributed by atoms with van der Waals surface area (Å²) in [7, 11) is 0. The average Bonchev–Trinajstić information content (AvgIpc) is 2.33. The summed E-state index contributed by atoms with van der Waals surface area (Å²) in [5.41, 5.74) is 0. The number of ether oxygens (including phenoxy) is 1. The average molecular weight is 317 g/mol. The Hall–Kier alpha value is -1.67. The normalized spacial score (nSPS) is 13.7. The molecule has 9 heteroatoms. The van der Waals surface area contributed by atoms with Gasteiger partial charge >= 0.3 is 24.0 Å². The Morgan fingerprint density at radius 2 is 1.76 bits per heavy atom. The zero-order valence-corrected chi connectivity index (χ0v) is 11.5. The van der Waals surface area contributed by atoms with Crippen molar-refractivity contribution in [3.05, 3.63) is 12.7 Å². The molecule has 0 aliphatic heterocycles. The van der Waals surface area contributed by atoms with Crippen LogP contribution in [0, 0.1) is 5.92 Å². The molecule has 0 fully saturated rings. The Morgan fingerprint density at radius 1 is 1.24 bits per heavy atom. The molecule has 1 N–H and O–H groups in total. The van der Waals surface area contributed by atoms with Crippen LogP contribution in [0.3, 0.4) is 0 Å². The fourth-order valence-corrected chi connectivity index (χ4v) is 1.11. The van der Waals surface area contributed by atoms with E-state index in [1.807, 2.05) is 0 Å². The Bertz CT molecular complexity index is 393.